The van der Waals surface area contributed by atoms with Gasteiger partial charge in [-0.2, -0.15) is 0 Å². The molecule has 3 heterocycles. The number of likely N-dealkylation sites (tertiary alicyclic amines) is 1. The van der Waals surface area contributed by atoms with Gasteiger partial charge in [0.25, 0.3) is 5.56 Å². The number of amides is 1. The van der Waals surface area contributed by atoms with Gasteiger partial charge in [-0.1, -0.05) is 0 Å². The van der Waals surface area contributed by atoms with Crippen molar-refractivity contribution < 1.29 is 9.53 Å². The zero-order chi connectivity index (χ0) is 21.3. The zero-order valence-corrected chi connectivity index (χ0v) is 18.3. The van der Waals surface area contributed by atoms with E-state index in [0.717, 1.165) is 35.6 Å². The number of H-pyrrole nitrogens is 1. The molecule has 1 saturated heterocycles. The van der Waals surface area contributed by atoms with E-state index in [-0.39, 0.29) is 17.4 Å². The Morgan fingerprint density at radius 1 is 1.33 bits per heavy atom. The summed E-state index contributed by atoms with van der Waals surface area (Å²) in [5, 5.41) is 0. The Balaban J connectivity index is 1.55. The molecule has 1 aliphatic heterocycles. The van der Waals surface area contributed by atoms with Gasteiger partial charge in [-0.25, -0.2) is 4.98 Å². The molecule has 0 aliphatic carbocycles. The summed E-state index contributed by atoms with van der Waals surface area (Å²) in [6, 6.07) is 9.74. The van der Waals surface area contributed by atoms with Gasteiger partial charge in [0.05, 0.1) is 25.1 Å². The fourth-order valence-corrected chi connectivity index (χ4v) is 4.94. The molecule has 1 aliphatic rings. The third kappa shape index (κ3) is 4.24. The number of ether oxygens (including phenoxy) is 1. The van der Waals surface area contributed by atoms with Gasteiger partial charge in [0.15, 0.2) is 0 Å². The average molecular weight is 427 g/mol. The number of piperidine rings is 1. The number of thiophene rings is 1. The number of rotatable bonds is 5. The van der Waals surface area contributed by atoms with E-state index in [1.54, 1.807) is 26.1 Å². The van der Waals surface area contributed by atoms with E-state index in [0.29, 0.717) is 29.1 Å². The molecule has 0 spiro atoms. The molecule has 1 amide bonds. The Morgan fingerprint density at radius 2 is 2.10 bits per heavy atom. The highest BCUT2D eigenvalue weighted by Crippen LogP contribution is 2.32. The van der Waals surface area contributed by atoms with E-state index in [9.17, 15) is 9.59 Å². The number of methoxy groups -OCH3 is 1. The van der Waals surface area contributed by atoms with Crippen molar-refractivity contribution in [3.8, 4) is 16.2 Å². The maximum Gasteiger partial charge on any atom is 0.268 e. The molecular weight excluding hydrogens is 400 g/mol. The van der Waals surface area contributed by atoms with Crippen LogP contribution in [-0.4, -0.2) is 60.0 Å². The van der Waals surface area contributed by atoms with Crippen molar-refractivity contribution in [3.05, 3.63) is 46.5 Å². The molecule has 0 saturated carbocycles. The van der Waals surface area contributed by atoms with Crippen molar-refractivity contribution in [1.29, 1.82) is 0 Å². The lowest BCUT2D eigenvalue weighted by molar-refractivity contribution is -0.134. The molecule has 1 atom stereocenters. The first-order valence-electron chi connectivity index (χ1n) is 10.1. The van der Waals surface area contributed by atoms with Gasteiger partial charge in [0, 0.05) is 25.5 Å². The summed E-state index contributed by atoms with van der Waals surface area (Å²) >= 11 is 1.44. The molecule has 1 aromatic carbocycles. The first-order chi connectivity index (χ1) is 14.4. The van der Waals surface area contributed by atoms with E-state index in [1.807, 2.05) is 30.3 Å². The molecule has 1 N–H and O–H groups in total. The lowest BCUT2D eigenvalue weighted by Gasteiger charge is -2.32. The molecule has 3 aromatic rings. The lowest BCUT2D eigenvalue weighted by Crippen LogP contribution is -2.42. The normalized spacial score (nSPS) is 17.2. The second kappa shape index (κ2) is 8.57. The number of nitrogens with zero attached hydrogens (tertiary/aromatic N) is 3. The van der Waals surface area contributed by atoms with Crippen LogP contribution in [0.25, 0.3) is 20.7 Å². The van der Waals surface area contributed by atoms with Gasteiger partial charge in [-0.3, -0.25) is 14.5 Å². The van der Waals surface area contributed by atoms with Gasteiger partial charge >= 0.3 is 0 Å². The summed E-state index contributed by atoms with van der Waals surface area (Å²) in [5.41, 5.74) is 1.63. The maximum atomic E-state index is 12.7. The predicted octanol–water partition coefficient (Wildman–Crippen LogP) is 2.96. The number of fused-ring (bicyclic) bond motifs is 1. The summed E-state index contributed by atoms with van der Waals surface area (Å²) in [7, 11) is 5.23. The van der Waals surface area contributed by atoms with Gasteiger partial charge in [0.1, 0.15) is 16.3 Å². The minimum absolute atomic E-state index is 0.00650. The highest BCUT2D eigenvalue weighted by Gasteiger charge is 2.27. The Morgan fingerprint density at radius 3 is 2.80 bits per heavy atom. The number of hydrogen-bond acceptors (Lipinski definition) is 6. The molecule has 7 nitrogen and oxygen atoms in total. The summed E-state index contributed by atoms with van der Waals surface area (Å²) in [4.78, 5) is 37.5. The fourth-order valence-electron chi connectivity index (χ4n) is 3.94. The largest absolute Gasteiger partial charge is 0.497 e. The van der Waals surface area contributed by atoms with Crippen LogP contribution in [0.15, 0.2) is 35.1 Å². The topological polar surface area (TPSA) is 78.5 Å². The van der Waals surface area contributed by atoms with Crippen molar-refractivity contribution >= 4 is 27.5 Å². The van der Waals surface area contributed by atoms with Crippen molar-refractivity contribution in [2.45, 2.75) is 19.4 Å². The molecule has 0 bridgehead atoms. The van der Waals surface area contributed by atoms with Crippen LogP contribution in [0.2, 0.25) is 0 Å². The molecule has 158 valence electrons. The predicted molar refractivity (Wildman–Crippen MR) is 119 cm³/mol. The summed E-state index contributed by atoms with van der Waals surface area (Å²) < 4.78 is 5.84. The minimum Gasteiger partial charge on any atom is -0.497 e. The van der Waals surface area contributed by atoms with Crippen molar-refractivity contribution in [2.24, 2.45) is 5.92 Å². The molecule has 4 rings (SSSR count). The molecule has 8 heteroatoms. The van der Waals surface area contributed by atoms with Crippen LogP contribution < -0.4 is 10.3 Å². The van der Waals surface area contributed by atoms with Gasteiger partial charge in [-0.15, -0.1) is 11.3 Å². The second-order valence-corrected chi connectivity index (χ2v) is 8.93. The minimum atomic E-state index is -0.113. The molecule has 30 heavy (non-hydrogen) atoms. The molecule has 1 unspecified atom stereocenters. The molecule has 1 fully saturated rings. The lowest BCUT2D eigenvalue weighted by atomic mass is 9.97. The van der Waals surface area contributed by atoms with Crippen molar-refractivity contribution in [2.75, 3.05) is 34.3 Å². The van der Waals surface area contributed by atoms with Crippen LogP contribution in [0.3, 0.4) is 0 Å². The fraction of sp³-hybridized carbons (Fsp3) is 0.409. The van der Waals surface area contributed by atoms with Crippen LogP contribution in [0.1, 0.15) is 18.7 Å². The highest BCUT2D eigenvalue weighted by atomic mass is 32.1. The van der Waals surface area contributed by atoms with Crippen LogP contribution in [0.4, 0.5) is 0 Å². The zero-order valence-electron chi connectivity index (χ0n) is 17.5. The Bertz CT molecular complexity index is 1100. The van der Waals surface area contributed by atoms with Crippen LogP contribution in [0, 0.1) is 5.92 Å². The van der Waals surface area contributed by atoms with E-state index >= 15 is 0 Å². The standard InChI is InChI=1S/C22H26N4O3S/c1-25(2)22(28)15-5-4-10-26(12-15)13-19-23-17-11-18(30-20(17)21(27)24-19)14-6-8-16(29-3)9-7-14/h6-9,11,15H,4-5,10,12-13H2,1-3H3,(H,23,24,27). The first-order valence-corrected chi connectivity index (χ1v) is 10.9. The molecular formula is C22H26N4O3S. The van der Waals surface area contributed by atoms with Gasteiger partial charge in [-0.05, 0) is 55.3 Å². The second-order valence-electron chi connectivity index (χ2n) is 7.87. The SMILES string of the molecule is COc1ccc(-c2cc3nc(CN4CCCC(C(=O)N(C)C)C4)[nH]c(=O)c3s2)cc1. The van der Waals surface area contributed by atoms with E-state index in [4.69, 9.17) is 9.72 Å². The quantitative estimate of drug-likeness (QED) is 0.679. The smallest absolute Gasteiger partial charge is 0.268 e. The van der Waals surface area contributed by atoms with Crippen LogP contribution >= 0.6 is 11.3 Å². The van der Waals surface area contributed by atoms with E-state index < -0.39 is 0 Å². The Kier molecular flexibility index (Phi) is 5.87. The van der Waals surface area contributed by atoms with Crippen molar-refractivity contribution in [3.63, 3.8) is 0 Å². The number of aromatic nitrogens is 2. The summed E-state index contributed by atoms with van der Waals surface area (Å²) in [5.74, 6) is 1.61. The number of nitrogens with one attached hydrogen (secondary N) is 1. The molecule has 0 radical (unpaired) electrons. The number of benzene rings is 1. The number of aromatic amines is 1. The third-order valence-electron chi connectivity index (χ3n) is 5.48. The van der Waals surface area contributed by atoms with Gasteiger partial charge in [0.2, 0.25) is 5.91 Å². The Hall–Kier alpha value is -2.71. The van der Waals surface area contributed by atoms with E-state index in [1.165, 1.54) is 11.3 Å². The van der Waals surface area contributed by atoms with Crippen molar-refractivity contribution in [1.82, 2.24) is 19.8 Å². The number of carbonyl (C=O) groups is 1. The first kappa shape index (κ1) is 20.6. The maximum absolute atomic E-state index is 12.7. The van der Waals surface area contributed by atoms with E-state index in [2.05, 4.69) is 9.88 Å². The molecule has 2 aromatic heterocycles. The monoisotopic (exact) mass is 426 g/mol. The van der Waals surface area contributed by atoms with Crippen LogP contribution in [-0.2, 0) is 11.3 Å². The van der Waals surface area contributed by atoms with Crippen LogP contribution in [0.5, 0.6) is 5.75 Å². The number of carbonyl (C=O) groups excluding carboxylic acids is 1. The van der Waals surface area contributed by atoms with Gasteiger partial charge < -0.3 is 14.6 Å². The third-order valence-corrected chi connectivity index (χ3v) is 6.65. The summed E-state index contributed by atoms with van der Waals surface area (Å²) in [6.07, 6.45) is 1.88. The number of hydrogen-bond donors (Lipinski definition) is 1. The average Bonchev–Trinajstić information content (AvgIpc) is 3.18. The summed E-state index contributed by atoms with van der Waals surface area (Å²) in [6.45, 7) is 2.13. The highest BCUT2D eigenvalue weighted by molar-refractivity contribution is 7.22. The Labute approximate surface area is 179 Å².